The van der Waals surface area contributed by atoms with Crippen LogP contribution in [0.25, 0.3) is 0 Å². The van der Waals surface area contributed by atoms with Crippen LogP contribution in [0.2, 0.25) is 0 Å². The van der Waals surface area contributed by atoms with E-state index in [-0.39, 0.29) is 24.7 Å². The summed E-state index contributed by atoms with van der Waals surface area (Å²) in [7, 11) is 0. The lowest BCUT2D eigenvalue weighted by Crippen LogP contribution is -2.31. The second-order valence-electron chi connectivity index (χ2n) is 3.11. The molecule has 0 aliphatic carbocycles. The number of amides is 1. The SMILES string of the molecule is CC(C)N1CC(CC#N)OC1=O. The maximum Gasteiger partial charge on any atom is 0.410 e. The maximum atomic E-state index is 11.1. The van der Waals surface area contributed by atoms with E-state index in [1.54, 1.807) is 4.90 Å². The van der Waals surface area contributed by atoms with Gasteiger partial charge in [-0.05, 0) is 13.8 Å². The van der Waals surface area contributed by atoms with Gasteiger partial charge in [0, 0.05) is 6.04 Å². The Morgan fingerprint density at radius 1 is 1.83 bits per heavy atom. The Labute approximate surface area is 71.7 Å². The van der Waals surface area contributed by atoms with Gasteiger partial charge in [0.1, 0.15) is 6.10 Å². The summed E-state index contributed by atoms with van der Waals surface area (Å²) in [5.41, 5.74) is 0. The van der Waals surface area contributed by atoms with Crippen molar-refractivity contribution in [1.82, 2.24) is 4.90 Å². The largest absolute Gasteiger partial charge is 0.443 e. The van der Waals surface area contributed by atoms with Crippen molar-refractivity contribution in [3.63, 3.8) is 0 Å². The Hall–Kier alpha value is -1.24. The highest BCUT2D eigenvalue weighted by molar-refractivity contribution is 5.70. The van der Waals surface area contributed by atoms with Crippen LogP contribution in [0.1, 0.15) is 20.3 Å². The Kier molecular flexibility index (Phi) is 2.54. The van der Waals surface area contributed by atoms with E-state index in [9.17, 15) is 4.79 Å². The van der Waals surface area contributed by atoms with Crippen LogP contribution in [0.3, 0.4) is 0 Å². The first-order valence-electron chi connectivity index (χ1n) is 3.99. The molecule has 0 aromatic heterocycles. The highest BCUT2D eigenvalue weighted by Gasteiger charge is 2.32. The molecule has 1 saturated heterocycles. The summed E-state index contributed by atoms with van der Waals surface area (Å²) in [5, 5.41) is 8.38. The molecule has 0 spiro atoms. The topological polar surface area (TPSA) is 53.3 Å². The summed E-state index contributed by atoms with van der Waals surface area (Å²) in [4.78, 5) is 12.7. The van der Waals surface area contributed by atoms with E-state index in [1.807, 2.05) is 19.9 Å². The van der Waals surface area contributed by atoms with Crippen LogP contribution in [0.15, 0.2) is 0 Å². The average Bonchev–Trinajstić information content (AvgIpc) is 2.32. The number of nitrogens with zero attached hydrogens (tertiary/aromatic N) is 2. The smallest absolute Gasteiger partial charge is 0.410 e. The van der Waals surface area contributed by atoms with Gasteiger partial charge < -0.3 is 9.64 Å². The Morgan fingerprint density at radius 2 is 2.50 bits per heavy atom. The molecule has 0 saturated carbocycles. The molecule has 1 aliphatic heterocycles. The molecule has 0 aromatic carbocycles. The molecule has 0 N–H and O–H groups in total. The number of nitriles is 1. The van der Waals surface area contributed by atoms with Gasteiger partial charge in [0.15, 0.2) is 0 Å². The molecule has 4 nitrogen and oxygen atoms in total. The van der Waals surface area contributed by atoms with Crippen molar-refractivity contribution in [3.8, 4) is 6.07 Å². The molecule has 1 aliphatic rings. The Bertz CT molecular complexity index is 220. The number of carbonyl (C=O) groups is 1. The van der Waals surface area contributed by atoms with Gasteiger partial charge in [-0.2, -0.15) is 5.26 Å². The minimum Gasteiger partial charge on any atom is -0.443 e. The lowest BCUT2D eigenvalue weighted by molar-refractivity contribution is 0.131. The molecule has 0 bridgehead atoms. The van der Waals surface area contributed by atoms with Crippen molar-refractivity contribution >= 4 is 6.09 Å². The summed E-state index contributed by atoms with van der Waals surface area (Å²) in [6, 6.07) is 2.14. The molecule has 0 radical (unpaired) electrons. The third-order valence-electron chi connectivity index (χ3n) is 1.84. The molecule has 4 heteroatoms. The van der Waals surface area contributed by atoms with Crippen LogP contribution in [-0.4, -0.2) is 29.7 Å². The normalized spacial score (nSPS) is 22.7. The first-order chi connectivity index (χ1) is 5.65. The van der Waals surface area contributed by atoms with E-state index < -0.39 is 0 Å². The van der Waals surface area contributed by atoms with Gasteiger partial charge in [-0.3, -0.25) is 0 Å². The fourth-order valence-corrected chi connectivity index (χ4v) is 1.17. The van der Waals surface area contributed by atoms with Crippen molar-refractivity contribution in [2.24, 2.45) is 0 Å². The van der Waals surface area contributed by atoms with Crippen LogP contribution in [0.5, 0.6) is 0 Å². The zero-order valence-electron chi connectivity index (χ0n) is 7.28. The zero-order valence-corrected chi connectivity index (χ0v) is 7.28. The maximum absolute atomic E-state index is 11.1. The number of hydrogen-bond donors (Lipinski definition) is 0. The number of hydrogen-bond acceptors (Lipinski definition) is 3. The number of rotatable bonds is 2. The van der Waals surface area contributed by atoms with Crippen molar-refractivity contribution < 1.29 is 9.53 Å². The van der Waals surface area contributed by atoms with Gasteiger partial charge in [0.2, 0.25) is 0 Å². The van der Waals surface area contributed by atoms with Crippen LogP contribution >= 0.6 is 0 Å². The Balaban J connectivity index is 2.51. The van der Waals surface area contributed by atoms with E-state index in [4.69, 9.17) is 10.00 Å². The highest BCUT2D eigenvalue weighted by Crippen LogP contribution is 2.15. The fourth-order valence-electron chi connectivity index (χ4n) is 1.17. The highest BCUT2D eigenvalue weighted by atomic mass is 16.6. The summed E-state index contributed by atoms with van der Waals surface area (Å²) in [5.74, 6) is 0. The fraction of sp³-hybridized carbons (Fsp3) is 0.750. The van der Waals surface area contributed by atoms with Crippen molar-refractivity contribution in [2.75, 3.05) is 6.54 Å². The second-order valence-corrected chi connectivity index (χ2v) is 3.11. The number of ether oxygens (including phenoxy) is 1. The molecular formula is C8H12N2O2. The predicted octanol–water partition coefficient (Wildman–Crippen LogP) is 1.13. The lowest BCUT2D eigenvalue weighted by atomic mass is 10.2. The van der Waals surface area contributed by atoms with Gasteiger partial charge in [-0.25, -0.2) is 4.79 Å². The van der Waals surface area contributed by atoms with Gasteiger partial charge in [0.05, 0.1) is 19.0 Å². The quantitative estimate of drug-likeness (QED) is 0.621. The average molecular weight is 168 g/mol. The van der Waals surface area contributed by atoms with Gasteiger partial charge in [-0.1, -0.05) is 0 Å². The van der Waals surface area contributed by atoms with Crippen LogP contribution in [-0.2, 0) is 4.74 Å². The van der Waals surface area contributed by atoms with E-state index >= 15 is 0 Å². The summed E-state index contributed by atoms with van der Waals surface area (Å²) < 4.78 is 4.94. The lowest BCUT2D eigenvalue weighted by Gasteiger charge is -2.16. The molecular weight excluding hydrogens is 156 g/mol. The van der Waals surface area contributed by atoms with Gasteiger partial charge in [0.25, 0.3) is 0 Å². The molecule has 1 fully saturated rings. The van der Waals surface area contributed by atoms with E-state index in [2.05, 4.69) is 0 Å². The molecule has 0 aromatic rings. The summed E-state index contributed by atoms with van der Waals surface area (Å²) >= 11 is 0. The van der Waals surface area contributed by atoms with Gasteiger partial charge in [-0.15, -0.1) is 0 Å². The van der Waals surface area contributed by atoms with E-state index in [1.165, 1.54) is 0 Å². The molecule has 1 atom stereocenters. The third kappa shape index (κ3) is 1.67. The third-order valence-corrected chi connectivity index (χ3v) is 1.84. The minimum absolute atomic E-state index is 0.154. The first-order valence-corrected chi connectivity index (χ1v) is 3.99. The van der Waals surface area contributed by atoms with Crippen molar-refractivity contribution in [2.45, 2.75) is 32.4 Å². The van der Waals surface area contributed by atoms with Crippen molar-refractivity contribution in [3.05, 3.63) is 0 Å². The molecule has 1 rings (SSSR count). The molecule has 1 unspecified atom stereocenters. The monoisotopic (exact) mass is 168 g/mol. The molecule has 1 heterocycles. The van der Waals surface area contributed by atoms with Crippen LogP contribution in [0, 0.1) is 11.3 Å². The molecule has 12 heavy (non-hydrogen) atoms. The number of carbonyl (C=O) groups excluding carboxylic acids is 1. The molecule has 66 valence electrons. The summed E-state index contributed by atoms with van der Waals surface area (Å²) in [6.07, 6.45) is -0.246. The van der Waals surface area contributed by atoms with Crippen molar-refractivity contribution in [1.29, 1.82) is 5.26 Å². The zero-order chi connectivity index (χ0) is 9.14. The predicted molar refractivity (Wildman–Crippen MR) is 42.3 cm³/mol. The van der Waals surface area contributed by atoms with Gasteiger partial charge >= 0.3 is 6.09 Å². The summed E-state index contributed by atoms with van der Waals surface area (Å²) in [6.45, 7) is 4.40. The van der Waals surface area contributed by atoms with E-state index in [0.717, 1.165) is 0 Å². The minimum atomic E-state index is -0.301. The number of cyclic esters (lactones) is 1. The van der Waals surface area contributed by atoms with Crippen LogP contribution in [0.4, 0.5) is 4.79 Å². The molecule has 1 amide bonds. The standard InChI is InChI=1S/C8H12N2O2/c1-6(2)10-5-7(3-4-9)12-8(10)11/h6-7H,3,5H2,1-2H3. The Morgan fingerprint density at radius 3 is 2.92 bits per heavy atom. The van der Waals surface area contributed by atoms with E-state index in [0.29, 0.717) is 6.54 Å². The first kappa shape index (κ1) is 8.85. The van der Waals surface area contributed by atoms with Crippen LogP contribution < -0.4 is 0 Å². The second kappa shape index (κ2) is 3.44.